The Morgan fingerprint density at radius 1 is 1.38 bits per heavy atom. The highest BCUT2D eigenvalue weighted by molar-refractivity contribution is 5.96. The van der Waals surface area contributed by atoms with Crippen LogP contribution in [0.4, 0.5) is 5.82 Å². The van der Waals surface area contributed by atoms with Gasteiger partial charge in [-0.3, -0.25) is 14.4 Å². The van der Waals surface area contributed by atoms with Crippen molar-refractivity contribution >= 4 is 23.6 Å². The number of amides is 2. The van der Waals surface area contributed by atoms with Crippen LogP contribution in [-0.2, 0) is 14.3 Å². The van der Waals surface area contributed by atoms with Gasteiger partial charge in [0.05, 0.1) is 13.0 Å². The molecule has 1 N–H and O–H groups in total. The third-order valence-corrected chi connectivity index (χ3v) is 2.61. The summed E-state index contributed by atoms with van der Waals surface area (Å²) >= 11 is 0. The number of aromatic nitrogens is 1. The van der Waals surface area contributed by atoms with E-state index in [2.05, 4.69) is 10.3 Å². The van der Waals surface area contributed by atoms with Crippen LogP contribution in [0.5, 0.6) is 0 Å². The normalized spacial score (nSPS) is 9.86. The van der Waals surface area contributed by atoms with Crippen molar-refractivity contribution in [3.63, 3.8) is 0 Å². The quantitative estimate of drug-likeness (QED) is 0.792. The van der Waals surface area contributed by atoms with Gasteiger partial charge in [-0.25, -0.2) is 4.98 Å². The van der Waals surface area contributed by atoms with Crippen LogP contribution in [0.15, 0.2) is 18.3 Å². The highest BCUT2D eigenvalue weighted by Gasteiger charge is 2.14. The monoisotopic (exact) mass is 293 g/mol. The molecule has 0 atom stereocenters. The van der Waals surface area contributed by atoms with Gasteiger partial charge in [-0.2, -0.15) is 0 Å². The Kier molecular flexibility index (Phi) is 6.32. The minimum atomic E-state index is -0.342. The van der Waals surface area contributed by atoms with Gasteiger partial charge in [0.2, 0.25) is 5.91 Å². The topological polar surface area (TPSA) is 88.6 Å². The SMILES string of the molecule is CCOC(=O)CCN(C)C(=O)c1ccnc(NC(C)=O)c1. The Morgan fingerprint density at radius 2 is 2.10 bits per heavy atom. The van der Waals surface area contributed by atoms with Crippen molar-refractivity contribution < 1.29 is 19.1 Å². The van der Waals surface area contributed by atoms with Gasteiger partial charge < -0.3 is 15.0 Å². The van der Waals surface area contributed by atoms with Gasteiger partial charge >= 0.3 is 5.97 Å². The van der Waals surface area contributed by atoms with Crippen molar-refractivity contribution in [1.29, 1.82) is 0 Å². The van der Waals surface area contributed by atoms with E-state index in [-0.39, 0.29) is 30.7 Å². The highest BCUT2D eigenvalue weighted by Crippen LogP contribution is 2.09. The summed E-state index contributed by atoms with van der Waals surface area (Å²) < 4.78 is 4.81. The third kappa shape index (κ3) is 5.60. The fourth-order valence-corrected chi connectivity index (χ4v) is 1.63. The summed E-state index contributed by atoms with van der Waals surface area (Å²) in [6.07, 6.45) is 1.58. The summed E-state index contributed by atoms with van der Waals surface area (Å²) in [5.74, 6) is -0.547. The second-order valence-electron chi connectivity index (χ2n) is 4.39. The maximum Gasteiger partial charge on any atom is 0.307 e. The molecule has 0 spiro atoms. The van der Waals surface area contributed by atoms with Gasteiger partial charge in [0.15, 0.2) is 0 Å². The Morgan fingerprint density at radius 3 is 2.71 bits per heavy atom. The first kappa shape index (κ1) is 16.6. The van der Waals surface area contributed by atoms with E-state index in [1.807, 2.05) is 0 Å². The maximum atomic E-state index is 12.2. The average molecular weight is 293 g/mol. The van der Waals surface area contributed by atoms with E-state index < -0.39 is 0 Å². The van der Waals surface area contributed by atoms with Gasteiger partial charge in [0.25, 0.3) is 5.91 Å². The zero-order valence-electron chi connectivity index (χ0n) is 12.4. The molecular formula is C14H19N3O4. The fourth-order valence-electron chi connectivity index (χ4n) is 1.63. The first-order chi connectivity index (χ1) is 9.93. The van der Waals surface area contributed by atoms with Crippen LogP contribution in [-0.4, -0.2) is 47.9 Å². The molecule has 0 bridgehead atoms. The summed E-state index contributed by atoms with van der Waals surface area (Å²) in [7, 11) is 1.60. The van der Waals surface area contributed by atoms with Gasteiger partial charge in [-0.05, 0) is 19.1 Å². The second-order valence-corrected chi connectivity index (χ2v) is 4.39. The lowest BCUT2D eigenvalue weighted by Gasteiger charge is -2.17. The lowest BCUT2D eigenvalue weighted by Crippen LogP contribution is -2.29. The molecule has 0 saturated heterocycles. The number of carbonyl (C=O) groups excluding carboxylic acids is 3. The van der Waals surface area contributed by atoms with E-state index in [4.69, 9.17) is 4.74 Å². The summed E-state index contributed by atoms with van der Waals surface area (Å²) in [4.78, 5) is 39.8. The molecule has 114 valence electrons. The lowest BCUT2D eigenvalue weighted by atomic mass is 10.2. The van der Waals surface area contributed by atoms with E-state index in [9.17, 15) is 14.4 Å². The minimum absolute atomic E-state index is 0.139. The summed E-state index contributed by atoms with van der Waals surface area (Å²) in [6.45, 7) is 3.67. The molecule has 0 radical (unpaired) electrons. The van der Waals surface area contributed by atoms with Crippen LogP contribution < -0.4 is 5.32 Å². The Balaban J connectivity index is 2.65. The maximum absolute atomic E-state index is 12.2. The standard InChI is InChI=1S/C14H19N3O4/c1-4-21-13(19)6-8-17(3)14(20)11-5-7-15-12(9-11)16-10(2)18/h5,7,9H,4,6,8H2,1-3H3,(H,15,16,18). The van der Waals surface area contributed by atoms with Gasteiger partial charge in [0, 0.05) is 32.3 Å². The Labute approximate surface area is 123 Å². The average Bonchev–Trinajstić information content (AvgIpc) is 2.44. The Hall–Kier alpha value is -2.44. The molecule has 1 rings (SSSR count). The Bertz CT molecular complexity index is 531. The second kappa shape index (κ2) is 7.98. The summed E-state index contributed by atoms with van der Waals surface area (Å²) in [5, 5.41) is 2.51. The van der Waals surface area contributed by atoms with Crippen molar-refractivity contribution in [2.75, 3.05) is 25.5 Å². The van der Waals surface area contributed by atoms with E-state index in [1.54, 1.807) is 20.0 Å². The molecular weight excluding hydrogens is 274 g/mol. The number of ether oxygens (including phenoxy) is 1. The van der Waals surface area contributed by atoms with Crippen molar-refractivity contribution in [2.24, 2.45) is 0 Å². The number of nitrogens with zero attached hydrogens (tertiary/aromatic N) is 2. The van der Waals surface area contributed by atoms with E-state index in [0.717, 1.165) is 0 Å². The van der Waals surface area contributed by atoms with Crippen LogP contribution in [0.2, 0.25) is 0 Å². The first-order valence-corrected chi connectivity index (χ1v) is 6.58. The van der Waals surface area contributed by atoms with Crippen LogP contribution in [0, 0.1) is 0 Å². The van der Waals surface area contributed by atoms with Crippen molar-refractivity contribution in [1.82, 2.24) is 9.88 Å². The molecule has 0 aliphatic rings. The molecule has 1 aromatic rings. The van der Waals surface area contributed by atoms with Crippen LogP contribution >= 0.6 is 0 Å². The predicted molar refractivity (Wildman–Crippen MR) is 76.8 cm³/mol. The molecule has 7 heteroatoms. The smallest absolute Gasteiger partial charge is 0.307 e. The van der Waals surface area contributed by atoms with E-state index in [0.29, 0.717) is 18.0 Å². The number of nitrogens with one attached hydrogen (secondary N) is 1. The summed E-state index contributed by atoms with van der Waals surface area (Å²) in [6, 6.07) is 3.04. The molecule has 0 fully saturated rings. The number of pyridine rings is 1. The molecule has 0 aliphatic carbocycles. The minimum Gasteiger partial charge on any atom is -0.466 e. The molecule has 0 aromatic carbocycles. The van der Waals surface area contributed by atoms with Crippen molar-refractivity contribution in [2.45, 2.75) is 20.3 Å². The van der Waals surface area contributed by atoms with Crippen LogP contribution in [0.3, 0.4) is 0 Å². The molecule has 0 unspecified atom stereocenters. The number of carbonyl (C=O) groups is 3. The zero-order chi connectivity index (χ0) is 15.8. The summed E-state index contributed by atoms with van der Waals surface area (Å²) in [5.41, 5.74) is 0.389. The van der Waals surface area contributed by atoms with Crippen LogP contribution in [0.25, 0.3) is 0 Å². The number of hydrogen-bond donors (Lipinski definition) is 1. The number of rotatable bonds is 6. The highest BCUT2D eigenvalue weighted by atomic mass is 16.5. The predicted octanol–water partition coefficient (Wildman–Crippen LogP) is 1.07. The number of hydrogen-bond acceptors (Lipinski definition) is 5. The third-order valence-electron chi connectivity index (χ3n) is 2.61. The molecule has 2 amide bonds. The molecule has 7 nitrogen and oxygen atoms in total. The van der Waals surface area contributed by atoms with Crippen molar-refractivity contribution in [3.8, 4) is 0 Å². The molecule has 1 heterocycles. The van der Waals surface area contributed by atoms with E-state index >= 15 is 0 Å². The molecule has 0 saturated carbocycles. The van der Waals surface area contributed by atoms with Gasteiger partial charge in [-0.15, -0.1) is 0 Å². The lowest BCUT2D eigenvalue weighted by molar-refractivity contribution is -0.143. The fraction of sp³-hybridized carbons (Fsp3) is 0.429. The largest absolute Gasteiger partial charge is 0.466 e. The van der Waals surface area contributed by atoms with E-state index in [1.165, 1.54) is 24.1 Å². The first-order valence-electron chi connectivity index (χ1n) is 6.58. The van der Waals surface area contributed by atoms with Gasteiger partial charge in [0.1, 0.15) is 5.82 Å². The number of anilines is 1. The molecule has 0 aliphatic heterocycles. The molecule has 21 heavy (non-hydrogen) atoms. The van der Waals surface area contributed by atoms with Crippen LogP contribution in [0.1, 0.15) is 30.6 Å². The number of esters is 1. The van der Waals surface area contributed by atoms with Crippen molar-refractivity contribution in [3.05, 3.63) is 23.9 Å². The van der Waals surface area contributed by atoms with Gasteiger partial charge in [-0.1, -0.05) is 0 Å². The zero-order valence-corrected chi connectivity index (χ0v) is 12.4. The molecule has 1 aromatic heterocycles.